The molecule has 0 bridgehead atoms. The van der Waals surface area contributed by atoms with Crippen LogP contribution in [0.5, 0.6) is 0 Å². The second kappa shape index (κ2) is 7.61. The van der Waals surface area contributed by atoms with Crippen molar-refractivity contribution in [3.63, 3.8) is 0 Å². The first-order valence-electron chi connectivity index (χ1n) is 3.91. The third-order valence-electron chi connectivity index (χ3n) is 1.24. The van der Waals surface area contributed by atoms with E-state index in [9.17, 15) is 9.59 Å². The molecule has 2 amide bonds. The summed E-state index contributed by atoms with van der Waals surface area (Å²) < 4.78 is 0. The van der Waals surface area contributed by atoms with Gasteiger partial charge in [-0.2, -0.15) is 0 Å². The van der Waals surface area contributed by atoms with E-state index in [1.165, 1.54) is 0 Å². The third kappa shape index (κ3) is 7.33. The van der Waals surface area contributed by atoms with Gasteiger partial charge in [-0.3, -0.25) is 9.59 Å². The van der Waals surface area contributed by atoms with E-state index in [0.717, 1.165) is 0 Å². The van der Waals surface area contributed by atoms with Crippen LogP contribution in [0.15, 0.2) is 12.7 Å². The van der Waals surface area contributed by atoms with E-state index in [1.807, 2.05) is 0 Å². The summed E-state index contributed by atoms with van der Waals surface area (Å²) in [6.45, 7) is 4.21. The lowest BCUT2D eigenvalue weighted by atomic mass is 10.4. The Hall–Kier alpha value is -1.03. The number of carbonyl (C=O) groups excluding carboxylic acids is 2. The molecule has 0 aliphatic rings. The monoisotopic (exact) mass is 204 g/mol. The summed E-state index contributed by atoms with van der Waals surface area (Å²) in [5.74, 6) is -0.457. The van der Waals surface area contributed by atoms with E-state index in [4.69, 9.17) is 11.6 Å². The Labute approximate surface area is 82.3 Å². The van der Waals surface area contributed by atoms with Crippen LogP contribution in [0.2, 0.25) is 0 Å². The van der Waals surface area contributed by atoms with E-state index < -0.39 is 0 Å². The van der Waals surface area contributed by atoms with Gasteiger partial charge in [-0.1, -0.05) is 6.08 Å². The van der Waals surface area contributed by atoms with Crippen molar-refractivity contribution in [1.29, 1.82) is 0 Å². The zero-order valence-electron chi connectivity index (χ0n) is 7.31. The molecule has 0 atom stereocenters. The lowest BCUT2D eigenvalue weighted by Gasteiger charge is -2.02. The highest BCUT2D eigenvalue weighted by molar-refractivity contribution is 6.27. The molecule has 0 saturated heterocycles. The first-order valence-corrected chi connectivity index (χ1v) is 4.44. The molecule has 0 aromatic carbocycles. The number of hydrogen-bond donors (Lipinski definition) is 2. The fourth-order valence-electron chi connectivity index (χ4n) is 0.637. The second-order valence-electron chi connectivity index (χ2n) is 2.33. The number of nitrogens with one attached hydrogen (secondary N) is 2. The Morgan fingerprint density at radius 1 is 1.31 bits per heavy atom. The molecule has 0 fully saturated rings. The van der Waals surface area contributed by atoms with Crippen molar-refractivity contribution in [3.05, 3.63) is 12.7 Å². The van der Waals surface area contributed by atoms with E-state index in [0.29, 0.717) is 13.1 Å². The molecule has 13 heavy (non-hydrogen) atoms. The molecule has 0 rings (SSSR count). The van der Waals surface area contributed by atoms with Gasteiger partial charge >= 0.3 is 0 Å². The van der Waals surface area contributed by atoms with Crippen molar-refractivity contribution in [2.75, 3.05) is 19.0 Å². The first kappa shape index (κ1) is 12.0. The number of amides is 2. The smallest absolute Gasteiger partial charge is 0.234 e. The molecule has 0 aliphatic carbocycles. The molecule has 0 spiro atoms. The van der Waals surface area contributed by atoms with Gasteiger partial charge in [0.2, 0.25) is 11.8 Å². The zero-order valence-corrected chi connectivity index (χ0v) is 8.06. The Morgan fingerprint density at radius 3 is 2.54 bits per heavy atom. The van der Waals surface area contributed by atoms with Gasteiger partial charge in [0.15, 0.2) is 0 Å². The number of halogens is 1. The number of alkyl halides is 1. The van der Waals surface area contributed by atoms with Crippen molar-refractivity contribution < 1.29 is 9.59 Å². The van der Waals surface area contributed by atoms with Gasteiger partial charge in [0.05, 0.1) is 0 Å². The number of rotatable bonds is 6. The number of carbonyl (C=O) groups is 2. The van der Waals surface area contributed by atoms with Crippen molar-refractivity contribution in [3.8, 4) is 0 Å². The van der Waals surface area contributed by atoms with Gasteiger partial charge in [-0.05, 0) is 0 Å². The molecule has 5 heteroatoms. The largest absolute Gasteiger partial charge is 0.355 e. The van der Waals surface area contributed by atoms with Crippen molar-refractivity contribution in [2.45, 2.75) is 6.42 Å². The highest BCUT2D eigenvalue weighted by Crippen LogP contribution is 1.79. The third-order valence-corrected chi connectivity index (χ3v) is 1.48. The lowest BCUT2D eigenvalue weighted by molar-refractivity contribution is -0.121. The van der Waals surface area contributed by atoms with Gasteiger partial charge in [-0.25, -0.2) is 0 Å². The molecular formula is C8H13ClN2O2. The van der Waals surface area contributed by atoms with Crippen LogP contribution in [0.25, 0.3) is 0 Å². The van der Waals surface area contributed by atoms with E-state index in [1.54, 1.807) is 6.08 Å². The van der Waals surface area contributed by atoms with Crippen molar-refractivity contribution >= 4 is 23.4 Å². The maximum atomic E-state index is 10.9. The van der Waals surface area contributed by atoms with Crippen LogP contribution >= 0.6 is 11.6 Å². The molecule has 4 nitrogen and oxygen atoms in total. The summed E-state index contributed by atoms with van der Waals surface area (Å²) in [4.78, 5) is 21.5. The summed E-state index contributed by atoms with van der Waals surface area (Å²) in [7, 11) is 0. The predicted molar refractivity (Wildman–Crippen MR) is 51.6 cm³/mol. The van der Waals surface area contributed by atoms with Crippen LogP contribution in [0, 0.1) is 0 Å². The average molecular weight is 205 g/mol. The highest BCUT2D eigenvalue weighted by atomic mass is 35.5. The minimum atomic E-state index is -0.266. The Bertz CT molecular complexity index is 195. The summed E-state index contributed by atoms with van der Waals surface area (Å²) >= 11 is 5.23. The van der Waals surface area contributed by atoms with Gasteiger partial charge < -0.3 is 10.6 Å². The summed E-state index contributed by atoms with van der Waals surface area (Å²) in [5.41, 5.74) is 0. The minimum Gasteiger partial charge on any atom is -0.355 e. The van der Waals surface area contributed by atoms with Crippen LogP contribution in [0.4, 0.5) is 0 Å². The Morgan fingerprint density at radius 2 is 2.00 bits per heavy atom. The van der Waals surface area contributed by atoms with Gasteiger partial charge in [0.1, 0.15) is 5.88 Å². The minimum absolute atomic E-state index is 0.0751. The van der Waals surface area contributed by atoms with E-state index in [2.05, 4.69) is 17.2 Å². The molecular weight excluding hydrogens is 192 g/mol. The fraction of sp³-hybridized carbons (Fsp3) is 0.500. The molecule has 0 aromatic rings. The van der Waals surface area contributed by atoms with E-state index >= 15 is 0 Å². The van der Waals surface area contributed by atoms with Gasteiger partial charge in [0, 0.05) is 19.5 Å². The molecule has 2 N–H and O–H groups in total. The second-order valence-corrected chi connectivity index (χ2v) is 2.59. The molecule has 0 saturated carbocycles. The van der Waals surface area contributed by atoms with Gasteiger partial charge in [0.25, 0.3) is 0 Å². The van der Waals surface area contributed by atoms with Crippen LogP contribution in [0.3, 0.4) is 0 Å². The van der Waals surface area contributed by atoms with Crippen molar-refractivity contribution in [1.82, 2.24) is 10.6 Å². The van der Waals surface area contributed by atoms with Crippen LogP contribution < -0.4 is 10.6 Å². The summed E-state index contributed by atoms with van der Waals surface area (Å²) in [5, 5.41) is 5.06. The van der Waals surface area contributed by atoms with E-state index in [-0.39, 0.29) is 24.1 Å². The Balaban J connectivity index is 3.36. The summed E-state index contributed by atoms with van der Waals surface area (Å²) in [6, 6.07) is 0. The first-order chi connectivity index (χ1) is 6.20. The molecule has 0 aliphatic heterocycles. The van der Waals surface area contributed by atoms with Crippen LogP contribution in [-0.4, -0.2) is 30.8 Å². The molecule has 0 radical (unpaired) electrons. The quantitative estimate of drug-likeness (QED) is 0.474. The highest BCUT2D eigenvalue weighted by Gasteiger charge is 2.00. The average Bonchev–Trinajstić information content (AvgIpc) is 2.14. The van der Waals surface area contributed by atoms with Crippen LogP contribution in [-0.2, 0) is 9.59 Å². The molecule has 0 unspecified atom stereocenters. The fourth-order valence-corrected chi connectivity index (χ4v) is 0.732. The Kier molecular flexibility index (Phi) is 7.01. The van der Waals surface area contributed by atoms with Gasteiger partial charge in [-0.15, -0.1) is 18.2 Å². The molecule has 74 valence electrons. The van der Waals surface area contributed by atoms with Crippen molar-refractivity contribution in [2.24, 2.45) is 0 Å². The lowest BCUT2D eigenvalue weighted by Crippen LogP contribution is -2.31. The maximum absolute atomic E-state index is 10.9. The predicted octanol–water partition coefficient (Wildman–Crippen LogP) is 0.0337. The summed E-state index contributed by atoms with van der Waals surface area (Å²) in [6.07, 6.45) is 1.85. The number of hydrogen-bond acceptors (Lipinski definition) is 2. The SMILES string of the molecule is C=CCNC(=O)CCNC(=O)CCl. The zero-order chi connectivity index (χ0) is 10.1. The van der Waals surface area contributed by atoms with Crippen LogP contribution in [0.1, 0.15) is 6.42 Å². The normalized spacial score (nSPS) is 9.00. The topological polar surface area (TPSA) is 58.2 Å². The molecule has 0 aromatic heterocycles. The standard InChI is InChI=1S/C8H13ClN2O2/c1-2-4-10-7(12)3-5-11-8(13)6-9/h2H,1,3-6H2,(H,10,12)(H,11,13). The molecule has 0 heterocycles. The maximum Gasteiger partial charge on any atom is 0.234 e.